The second-order valence-corrected chi connectivity index (χ2v) is 7.85. The van der Waals surface area contributed by atoms with Gasteiger partial charge in [0.05, 0.1) is 17.6 Å². The van der Waals surface area contributed by atoms with Gasteiger partial charge >= 0.3 is 5.97 Å². The van der Waals surface area contributed by atoms with Crippen molar-refractivity contribution in [2.24, 2.45) is 0 Å². The maximum absolute atomic E-state index is 13.3. The lowest BCUT2D eigenvalue weighted by Gasteiger charge is -2.33. The van der Waals surface area contributed by atoms with Gasteiger partial charge in [0.1, 0.15) is 30.3 Å². The van der Waals surface area contributed by atoms with Crippen LogP contribution in [0.1, 0.15) is 32.5 Å². The summed E-state index contributed by atoms with van der Waals surface area (Å²) in [5.74, 6) is 0.929. The standard InChI is InChI=1S/C24H27N3O4/c1-3-30-23(29)24(2)14-9-15-27(24)22(28)16-26-20-13-8-7-12-19(20)25-21(26)17-31-18-10-5-4-6-11-18/h4-8,10-13H,3,9,14-17H2,1-2H3. The van der Waals surface area contributed by atoms with E-state index in [0.29, 0.717) is 25.4 Å². The fourth-order valence-corrected chi connectivity index (χ4v) is 4.16. The van der Waals surface area contributed by atoms with Gasteiger partial charge in [-0.3, -0.25) is 4.79 Å². The molecule has 7 heteroatoms. The van der Waals surface area contributed by atoms with E-state index in [1.165, 1.54) is 0 Å². The number of nitrogens with zero attached hydrogens (tertiary/aromatic N) is 3. The van der Waals surface area contributed by atoms with Gasteiger partial charge in [-0.2, -0.15) is 0 Å². The van der Waals surface area contributed by atoms with Crippen molar-refractivity contribution in [1.82, 2.24) is 14.5 Å². The quantitative estimate of drug-likeness (QED) is 0.546. The van der Waals surface area contributed by atoms with Crippen molar-refractivity contribution in [3.05, 3.63) is 60.4 Å². The monoisotopic (exact) mass is 421 g/mol. The number of hydrogen-bond acceptors (Lipinski definition) is 5. The molecule has 31 heavy (non-hydrogen) atoms. The number of amides is 1. The van der Waals surface area contributed by atoms with Crippen LogP contribution in [-0.4, -0.2) is 45.0 Å². The van der Waals surface area contributed by atoms with Gasteiger partial charge in [0.2, 0.25) is 5.91 Å². The highest BCUT2D eigenvalue weighted by molar-refractivity contribution is 5.89. The summed E-state index contributed by atoms with van der Waals surface area (Å²) in [4.78, 5) is 32.2. The molecule has 7 nitrogen and oxygen atoms in total. The summed E-state index contributed by atoms with van der Waals surface area (Å²) in [7, 11) is 0. The van der Waals surface area contributed by atoms with Crippen molar-refractivity contribution in [2.75, 3.05) is 13.2 Å². The normalized spacial score (nSPS) is 18.3. The van der Waals surface area contributed by atoms with E-state index in [2.05, 4.69) is 4.98 Å². The molecule has 1 saturated heterocycles. The molecule has 0 aliphatic carbocycles. The number of fused-ring (bicyclic) bond motifs is 1. The molecule has 162 valence electrons. The van der Waals surface area contributed by atoms with Gasteiger partial charge in [-0.1, -0.05) is 30.3 Å². The predicted molar refractivity (Wildman–Crippen MR) is 116 cm³/mol. The van der Waals surface area contributed by atoms with E-state index >= 15 is 0 Å². The number of benzene rings is 2. The summed E-state index contributed by atoms with van der Waals surface area (Å²) in [6.45, 7) is 4.73. The number of esters is 1. The first-order valence-corrected chi connectivity index (χ1v) is 10.6. The molecule has 3 aromatic rings. The number of aromatic nitrogens is 2. The molecule has 1 fully saturated rings. The Morgan fingerprint density at radius 2 is 1.84 bits per heavy atom. The number of rotatable bonds is 7. The van der Waals surface area contributed by atoms with Crippen LogP contribution in [0.5, 0.6) is 5.75 Å². The number of carbonyl (C=O) groups excluding carboxylic acids is 2. The van der Waals surface area contributed by atoms with Crippen LogP contribution in [-0.2, 0) is 27.5 Å². The van der Waals surface area contributed by atoms with E-state index in [1.807, 2.05) is 59.2 Å². The van der Waals surface area contributed by atoms with Gasteiger partial charge in [-0.15, -0.1) is 0 Å². The lowest BCUT2D eigenvalue weighted by molar-refractivity contribution is -0.160. The molecule has 0 radical (unpaired) electrons. The van der Waals surface area contributed by atoms with Crippen LogP contribution in [0.15, 0.2) is 54.6 Å². The van der Waals surface area contributed by atoms with Gasteiger partial charge in [0.15, 0.2) is 0 Å². The molecule has 1 aromatic heterocycles. The number of ether oxygens (including phenoxy) is 2. The van der Waals surface area contributed by atoms with E-state index in [-0.39, 0.29) is 25.0 Å². The first-order chi connectivity index (χ1) is 15.0. The fraction of sp³-hybridized carbons (Fsp3) is 0.375. The minimum Gasteiger partial charge on any atom is -0.486 e. The maximum atomic E-state index is 13.3. The zero-order chi connectivity index (χ0) is 21.8. The molecule has 0 N–H and O–H groups in total. The van der Waals surface area contributed by atoms with Crippen LogP contribution in [0.2, 0.25) is 0 Å². The Morgan fingerprint density at radius 3 is 2.61 bits per heavy atom. The topological polar surface area (TPSA) is 73.7 Å². The van der Waals surface area contributed by atoms with Crippen molar-refractivity contribution in [3.63, 3.8) is 0 Å². The Hall–Kier alpha value is -3.35. The lowest BCUT2D eigenvalue weighted by Crippen LogP contribution is -2.52. The summed E-state index contributed by atoms with van der Waals surface area (Å²) in [5, 5.41) is 0. The summed E-state index contributed by atoms with van der Waals surface area (Å²) in [6.07, 6.45) is 1.38. The summed E-state index contributed by atoms with van der Waals surface area (Å²) >= 11 is 0. The Balaban J connectivity index is 1.59. The maximum Gasteiger partial charge on any atom is 0.331 e. The fourth-order valence-electron chi connectivity index (χ4n) is 4.16. The molecule has 0 spiro atoms. The number of para-hydroxylation sites is 3. The molecule has 1 amide bonds. The van der Waals surface area contributed by atoms with E-state index in [4.69, 9.17) is 9.47 Å². The first kappa shape index (κ1) is 20.9. The number of carbonyl (C=O) groups is 2. The highest BCUT2D eigenvalue weighted by atomic mass is 16.5. The minimum absolute atomic E-state index is 0.0863. The average Bonchev–Trinajstić information content (AvgIpc) is 3.35. The third-order valence-corrected chi connectivity index (χ3v) is 5.80. The lowest BCUT2D eigenvalue weighted by atomic mass is 9.99. The molecule has 0 bridgehead atoms. The van der Waals surface area contributed by atoms with E-state index in [0.717, 1.165) is 23.2 Å². The zero-order valence-electron chi connectivity index (χ0n) is 17.9. The van der Waals surface area contributed by atoms with E-state index < -0.39 is 5.54 Å². The second-order valence-electron chi connectivity index (χ2n) is 7.85. The van der Waals surface area contributed by atoms with Gasteiger partial charge in [0.25, 0.3) is 0 Å². The van der Waals surface area contributed by atoms with Crippen LogP contribution in [0.3, 0.4) is 0 Å². The predicted octanol–water partition coefficient (Wildman–Crippen LogP) is 3.56. The Labute approximate surface area is 181 Å². The van der Waals surface area contributed by atoms with Gasteiger partial charge < -0.3 is 18.9 Å². The van der Waals surface area contributed by atoms with Crippen LogP contribution in [0.25, 0.3) is 11.0 Å². The molecule has 2 aromatic carbocycles. The van der Waals surface area contributed by atoms with Gasteiger partial charge in [-0.25, -0.2) is 9.78 Å². The molecule has 4 rings (SSSR count). The van der Waals surface area contributed by atoms with Crippen LogP contribution < -0.4 is 4.74 Å². The van der Waals surface area contributed by atoms with Gasteiger partial charge in [0, 0.05) is 6.54 Å². The van der Waals surface area contributed by atoms with Gasteiger partial charge in [-0.05, 0) is 51.0 Å². The van der Waals surface area contributed by atoms with Crippen molar-refractivity contribution in [3.8, 4) is 5.75 Å². The van der Waals surface area contributed by atoms with Crippen LogP contribution >= 0.6 is 0 Å². The average molecular weight is 421 g/mol. The molecule has 1 aliphatic heterocycles. The molecule has 0 saturated carbocycles. The third-order valence-electron chi connectivity index (χ3n) is 5.80. The second kappa shape index (κ2) is 8.79. The number of hydrogen-bond donors (Lipinski definition) is 0. The van der Waals surface area contributed by atoms with Crippen molar-refractivity contribution in [2.45, 2.75) is 45.4 Å². The Morgan fingerprint density at radius 1 is 1.10 bits per heavy atom. The molecular weight excluding hydrogens is 394 g/mol. The molecular formula is C24H27N3O4. The minimum atomic E-state index is -0.926. The van der Waals surface area contributed by atoms with E-state index in [1.54, 1.807) is 18.7 Å². The summed E-state index contributed by atoms with van der Waals surface area (Å²) in [6, 6.07) is 17.2. The van der Waals surface area contributed by atoms with Crippen molar-refractivity contribution < 1.29 is 19.1 Å². The summed E-state index contributed by atoms with van der Waals surface area (Å²) in [5.41, 5.74) is 0.737. The summed E-state index contributed by atoms with van der Waals surface area (Å²) < 4.78 is 13.0. The first-order valence-electron chi connectivity index (χ1n) is 10.6. The van der Waals surface area contributed by atoms with Crippen molar-refractivity contribution in [1.29, 1.82) is 0 Å². The molecule has 1 aliphatic rings. The smallest absolute Gasteiger partial charge is 0.331 e. The van der Waals surface area contributed by atoms with Crippen LogP contribution in [0.4, 0.5) is 0 Å². The van der Waals surface area contributed by atoms with E-state index in [9.17, 15) is 9.59 Å². The number of imidazole rings is 1. The molecule has 2 heterocycles. The highest BCUT2D eigenvalue weighted by Gasteiger charge is 2.46. The van der Waals surface area contributed by atoms with Crippen LogP contribution in [0, 0.1) is 0 Å². The number of likely N-dealkylation sites (tertiary alicyclic amines) is 1. The Kier molecular flexibility index (Phi) is 5.93. The van der Waals surface area contributed by atoms with Crippen molar-refractivity contribution >= 4 is 22.9 Å². The zero-order valence-corrected chi connectivity index (χ0v) is 17.9. The SMILES string of the molecule is CCOC(=O)C1(C)CCCN1C(=O)Cn1c(COc2ccccc2)nc2ccccc21. The third kappa shape index (κ3) is 4.13. The largest absolute Gasteiger partial charge is 0.486 e. The molecule has 1 unspecified atom stereocenters. The Bertz CT molecular complexity index is 1080. The molecule has 1 atom stereocenters. The highest BCUT2D eigenvalue weighted by Crippen LogP contribution is 2.31.